The molecule has 0 aliphatic heterocycles. The number of carbonyl (C=O) groups excluding carboxylic acids is 1. The Morgan fingerprint density at radius 3 is 2.84 bits per heavy atom. The number of rotatable bonds is 5. The summed E-state index contributed by atoms with van der Waals surface area (Å²) in [6.45, 7) is 2.64. The average molecular weight is 281 g/mol. The summed E-state index contributed by atoms with van der Waals surface area (Å²) in [5, 5.41) is 6.08. The van der Waals surface area contributed by atoms with Gasteiger partial charge in [-0.25, -0.2) is 4.98 Å². The zero-order valence-electron chi connectivity index (χ0n) is 11.6. The van der Waals surface area contributed by atoms with Crippen LogP contribution in [0, 0.1) is 6.92 Å². The van der Waals surface area contributed by atoms with E-state index in [1.807, 2.05) is 12.3 Å². The SMILES string of the molecule is Cc1csc(CCNC(=O)CC2(N)CCCCC2)n1. The van der Waals surface area contributed by atoms with Crippen LogP contribution in [0.2, 0.25) is 0 Å². The zero-order chi connectivity index (χ0) is 13.7. The van der Waals surface area contributed by atoms with Crippen molar-refractivity contribution in [3.63, 3.8) is 0 Å². The molecule has 3 N–H and O–H groups in total. The second-order valence-electron chi connectivity index (χ2n) is 5.58. The van der Waals surface area contributed by atoms with Crippen LogP contribution < -0.4 is 11.1 Å². The topological polar surface area (TPSA) is 68.0 Å². The van der Waals surface area contributed by atoms with Crippen LogP contribution in [0.4, 0.5) is 0 Å². The van der Waals surface area contributed by atoms with Gasteiger partial charge in [-0.2, -0.15) is 0 Å². The second kappa shape index (κ2) is 6.48. The predicted molar refractivity (Wildman–Crippen MR) is 78.2 cm³/mol. The Bertz CT molecular complexity index is 424. The van der Waals surface area contributed by atoms with Crippen LogP contribution in [0.3, 0.4) is 0 Å². The smallest absolute Gasteiger partial charge is 0.221 e. The minimum Gasteiger partial charge on any atom is -0.356 e. The fourth-order valence-electron chi connectivity index (χ4n) is 2.64. The number of nitrogens with two attached hydrogens (primary N) is 1. The molecule has 0 aromatic carbocycles. The van der Waals surface area contributed by atoms with E-state index in [0.717, 1.165) is 42.8 Å². The molecule has 1 aliphatic rings. The van der Waals surface area contributed by atoms with Crippen molar-refractivity contribution in [1.82, 2.24) is 10.3 Å². The Balaban J connectivity index is 1.69. The van der Waals surface area contributed by atoms with Crippen molar-refractivity contribution in [1.29, 1.82) is 0 Å². The number of thiazole rings is 1. The summed E-state index contributed by atoms with van der Waals surface area (Å²) in [7, 11) is 0. The maximum absolute atomic E-state index is 11.9. The van der Waals surface area contributed by atoms with E-state index in [0.29, 0.717) is 13.0 Å². The van der Waals surface area contributed by atoms with E-state index in [1.165, 1.54) is 6.42 Å². The normalized spacial score (nSPS) is 18.2. The van der Waals surface area contributed by atoms with Crippen LogP contribution in [0.5, 0.6) is 0 Å². The Kier molecular flexibility index (Phi) is 4.93. The van der Waals surface area contributed by atoms with Gasteiger partial charge >= 0.3 is 0 Å². The van der Waals surface area contributed by atoms with Crippen LogP contribution in [-0.4, -0.2) is 23.0 Å². The third-order valence-electron chi connectivity index (χ3n) is 3.69. The molecular formula is C14H23N3OS. The van der Waals surface area contributed by atoms with E-state index in [-0.39, 0.29) is 11.4 Å². The first-order valence-electron chi connectivity index (χ1n) is 7.04. The summed E-state index contributed by atoms with van der Waals surface area (Å²) in [6, 6.07) is 0. The lowest BCUT2D eigenvalue weighted by molar-refractivity contribution is -0.122. The first-order valence-corrected chi connectivity index (χ1v) is 7.92. The average Bonchev–Trinajstić information content (AvgIpc) is 2.75. The molecule has 1 amide bonds. The number of nitrogens with one attached hydrogen (secondary N) is 1. The third kappa shape index (κ3) is 4.58. The molecule has 1 heterocycles. The fourth-order valence-corrected chi connectivity index (χ4v) is 3.42. The maximum Gasteiger partial charge on any atom is 0.221 e. The third-order valence-corrected chi connectivity index (χ3v) is 4.72. The fraction of sp³-hybridized carbons (Fsp3) is 0.714. The Morgan fingerprint density at radius 2 is 2.21 bits per heavy atom. The summed E-state index contributed by atoms with van der Waals surface area (Å²) in [6.07, 6.45) is 6.79. The van der Waals surface area contributed by atoms with Crippen LogP contribution in [0.15, 0.2) is 5.38 Å². The van der Waals surface area contributed by atoms with E-state index in [4.69, 9.17) is 5.73 Å². The van der Waals surface area contributed by atoms with E-state index in [2.05, 4.69) is 10.3 Å². The van der Waals surface area contributed by atoms with Gasteiger partial charge in [0.15, 0.2) is 0 Å². The van der Waals surface area contributed by atoms with Gasteiger partial charge in [0.1, 0.15) is 0 Å². The number of amides is 1. The van der Waals surface area contributed by atoms with Gasteiger partial charge in [0.25, 0.3) is 0 Å². The maximum atomic E-state index is 11.9. The number of hydrogen-bond donors (Lipinski definition) is 2. The van der Waals surface area contributed by atoms with Crippen LogP contribution in [-0.2, 0) is 11.2 Å². The number of aryl methyl sites for hydroxylation is 1. The first-order chi connectivity index (χ1) is 9.07. The lowest BCUT2D eigenvalue weighted by Crippen LogP contribution is -2.46. The van der Waals surface area contributed by atoms with E-state index >= 15 is 0 Å². The van der Waals surface area contributed by atoms with Crippen molar-refractivity contribution in [3.8, 4) is 0 Å². The van der Waals surface area contributed by atoms with Crippen molar-refractivity contribution < 1.29 is 4.79 Å². The van der Waals surface area contributed by atoms with E-state index in [9.17, 15) is 4.79 Å². The summed E-state index contributed by atoms with van der Waals surface area (Å²) >= 11 is 1.65. The minimum absolute atomic E-state index is 0.0812. The molecule has 0 unspecified atom stereocenters. The van der Waals surface area contributed by atoms with Crippen LogP contribution in [0.1, 0.15) is 49.2 Å². The van der Waals surface area contributed by atoms with Gasteiger partial charge in [-0.3, -0.25) is 4.79 Å². The quantitative estimate of drug-likeness (QED) is 0.869. The van der Waals surface area contributed by atoms with Gasteiger partial charge in [-0.05, 0) is 19.8 Å². The molecule has 4 nitrogen and oxygen atoms in total. The first kappa shape index (κ1) is 14.5. The van der Waals surface area contributed by atoms with Crippen molar-refractivity contribution in [2.75, 3.05) is 6.54 Å². The lowest BCUT2D eigenvalue weighted by atomic mass is 9.80. The minimum atomic E-state index is -0.264. The number of aromatic nitrogens is 1. The second-order valence-corrected chi connectivity index (χ2v) is 6.53. The van der Waals surface area contributed by atoms with Gasteiger partial charge in [0, 0.05) is 36.0 Å². The van der Waals surface area contributed by atoms with Crippen molar-refractivity contribution in [2.24, 2.45) is 5.73 Å². The van der Waals surface area contributed by atoms with Gasteiger partial charge in [-0.1, -0.05) is 19.3 Å². The van der Waals surface area contributed by atoms with Crippen molar-refractivity contribution in [3.05, 3.63) is 16.1 Å². The Morgan fingerprint density at radius 1 is 1.47 bits per heavy atom. The predicted octanol–water partition coefficient (Wildman–Crippen LogP) is 2.16. The molecule has 0 saturated heterocycles. The van der Waals surface area contributed by atoms with Crippen LogP contribution in [0.25, 0.3) is 0 Å². The summed E-state index contributed by atoms with van der Waals surface area (Å²) < 4.78 is 0. The molecule has 0 atom stereocenters. The molecule has 0 spiro atoms. The highest BCUT2D eigenvalue weighted by atomic mass is 32.1. The standard InChI is InChI=1S/C14H23N3OS/c1-11-10-19-13(17-11)5-8-16-12(18)9-14(15)6-3-2-4-7-14/h10H,2-9,15H2,1H3,(H,16,18). The molecule has 1 aliphatic carbocycles. The molecular weight excluding hydrogens is 258 g/mol. The summed E-state index contributed by atoms with van der Waals surface area (Å²) in [5.41, 5.74) is 7.06. The Hall–Kier alpha value is -0.940. The van der Waals surface area contributed by atoms with Crippen molar-refractivity contribution >= 4 is 17.2 Å². The molecule has 106 valence electrons. The highest BCUT2D eigenvalue weighted by Gasteiger charge is 2.29. The molecule has 1 aromatic rings. The van der Waals surface area contributed by atoms with Crippen LogP contribution >= 0.6 is 11.3 Å². The largest absolute Gasteiger partial charge is 0.356 e. The van der Waals surface area contributed by atoms with Crippen molar-refractivity contribution in [2.45, 2.75) is 57.4 Å². The molecule has 5 heteroatoms. The van der Waals surface area contributed by atoms with Gasteiger partial charge in [0.2, 0.25) is 5.91 Å². The zero-order valence-corrected chi connectivity index (χ0v) is 12.4. The lowest BCUT2D eigenvalue weighted by Gasteiger charge is -2.32. The number of carbonyl (C=O) groups is 1. The highest BCUT2D eigenvalue weighted by molar-refractivity contribution is 7.09. The molecule has 0 radical (unpaired) electrons. The molecule has 1 saturated carbocycles. The molecule has 19 heavy (non-hydrogen) atoms. The monoisotopic (exact) mass is 281 g/mol. The Labute approximate surface area is 118 Å². The summed E-state index contributed by atoms with van der Waals surface area (Å²) in [4.78, 5) is 16.3. The van der Waals surface area contributed by atoms with E-state index in [1.54, 1.807) is 11.3 Å². The van der Waals surface area contributed by atoms with E-state index < -0.39 is 0 Å². The molecule has 2 rings (SSSR count). The van der Waals surface area contributed by atoms with Gasteiger partial charge < -0.3 is 11.1 Å². The molecule has 1 aromatic heterocycles. The van der Waals surface area contributed by atoms with Gasteiger partial charge in [0.05, 0.1) is 5.01 Å². The molecule has 0 bridgehead atoms. The molecule has 1 fully saturated rings. The highest BCUT2D eigenvalue weighted by Crippen LogP contribution is 2.28. The summed E-state index contributed by atoms with van der Waals surface area (Å²) in [5.74, 6) is 0.0812. The van der Waals surface area contributed by atoms with Gasteiger partial charge in [-0.15, -0.1) is 11.3 Å². The number of hydrogen-bond acceptors (Lipinski definition) is 4. The number of nitrogens with zero attached hydrogens (tertiary/aromatic N) is 1.